The first kappa shape index (κ1) is 14.7. The molecule has 2 aliphatic carbocycles. The molecule has 1 N–H and O–H groups in total. The van der Waals surface area contributed by atoms with Gasteiger partial charge in [-0.1, -0.05) is 6.42 Å². The lowest BCUT2D eigenvalue weighted by Crippen LogP contribution is -2.64. The molecule has 0 aliphatic heterocycles. The molecule has 3 heteroatoms. The highest BCUT2D eigenvalue weighted by molar-refractivity contribution is 5.60. The monoisotopic (exact) mass is 288 g/mol. The predicted molar refractivity (Wildman–Crippen MR) is 89.2 cm³/mol. The third kappa shape index (κ3) is 2.42. The Balaban J connectivity index is 1.70. The Bertz CT molecular complexity index is 508. The molecule has 0 saturated heterocycles. The first-order valence-corrected chi connectivity index (χ1v) is 8.23. The van der Waals surface area contributed by atoms with Crippen LogP contribution in [0.1, 0.15) is 38.2 Å². The number of nitrogens with zero attached hydrogens (tertiary/aromatic N) is 1. The zero-order valence-corrected chi connectivity index (χ0v) is 13.8. The minimum Gasteiger partial charge on any atom is -0.381 e. The number of ether oxygens (including phenoxy) is 1. The lowest BCUT2D eigenvalue weighted by atomic mass is 9.51. The van der Waals surface area contributed by atoms with Gasteiger partial charge in [-0.2, -0.15) is 0 Å². The summed E-state index contributed by atoms with van der Waals surface area (Å²) in [5, 5.41) is 3.80. The normalized spacial score (nSPS) is 26.1. The van der Waals surface area contributed by atoms with Gasteiger partial charge in [-0.05, 0) is 56.9 Å². The number of anilines is 2. The van der Waals surface area contributed by atoms with Crippen molar-refractivity contribution in [2.75, 3.05) is 30.9 Å². The van der Waals surface area contributed by atoms with Crippen molar-refractivity contribution in [3.63, 3.8) is 0 Å². The summed E-state index contributed by atoms with van der Waals surface area (Å²) in [6, 6.07) is 7.27. The van der Waals surface area contributed by atoms with E-state index < -0.39 is 0 Å². The average Bonchev–Trinajstić information content (AvgIpc) is 2.37. The molecule has 21 heavy (non-hydrogen) atoms. The molecule has 2 saturated carbocycles. The molecule has 2 aliphatic rings. The Hall–Kier alpha value is -1.22. The number of aryl methyl sites for hydroxylation is 1. The molecule has 3 nitrogen and oxygen atoms in total. The third-order valence-corrected chi connectivity index (χ3v) is 5.49. The van der Waals surface area contributed by atoms with Crippen molar-refractivity contribution in [3.05, 3.63) is 23.8 Å². The largest absolute Gasteiger partial charge is 0.381 e. The van der Waals surface area contributed by atoms with Crippen LogP contribution in [0.15, 0.2) is 18.2 Å². The molecule has 2 unspecified atom stereocenters. The highest BCUT2D eigenvalue weighted by Crippen LogP contribution is 2.58. The Kier molecular flexibility index (Phi) is 3.87. The molecule has 2 fully saturated rings. The molecular formula is C18H28N2O. The summed E-state index contributed by atoms with van der Waals surface area (Å²) in [5.41, 5.74) is 4.29. The molecule has 2 atom stereocenters. The fourth-order valence-electron chi connectivity index (χ4n) is 3.92. The summed E-state index contributed by atoms with van der Waals surface area (Å²) in [7, 11) is 4.17. The first-order chi connectivity index (χ1) is 10.1. The van der Waals surface area contributed by atoms with Crippen LogP contribution in [0.2, 0.25) is 0 Å². The van der Waals surface area contributed by atoms with E-state index in [0.717, 1.165) is 13.0 Å². The number of nitrogens with one attached hydrogen (secondary N) is 1. The minimum atomic E-state index is 0.419. The van der Waals surface area contributed by atoms with E-state index in [2.05, 4.69) is 56.4 Å². The molecule has 0 heterocycles. The molecule has 1 spiro atoms. The summed E-state index contributed by atoms with van der Waals surface area (Å²) in [5.74, 6) is 0. The van der Waals surface area contributed by atoms with Crippen LogP contribution in [0.5, 0.6) is 0 Å². The summed E-state index contributed by atoms with van der Waals surface area (Å²) in [6.07, 6.45) is 5.65. The van der Waals surface area contributed by atoms with E-state index in [1.807, 2.05) is 0 Å². The van der Waals surface area contributed by atoms with Gasteiger partial charge < -0.3 is 15.0 Å². The van der Waals surface area contributed by atoms with Gasteiger partial charge in [0.2, 0.25) is 0 Å². The summed E-state index contributed by atoms with van der Waals surface area (Å²) >= 11 is 0. The average molecular weight is 288 g/mol. The highest BCUT2D eigenvalue weighted by atomic mass is 16.5. The Morgan fingerprint density at radius 2 is 2.10 bits per heavy atom. The number of benzene rings is 1. The van der Waals surface area contributed by atoms with E-state index in [1.54, 1.807) is 0 Å². The van der Waals surface area contributed by atoms with Gasteiger partial charge in [-0.3, -0.25) is 0 Å². The van der Waals surface area contributed by atoms with Gasteiger partial charge in [0.15, 0.2) is 0 Å². The Morgan fingerprint density at radius 1 is 1.33 bits per heavy atom. The van der Waals surface area contributed by atoms with E-state index in [1.165, 1.54) is 36.2 Å². The van der Waals surface area contributed by atoms with E-state index in [-0.39, 0.29) is 0 Å². The van der Waals surface area contributed by atoms with Crippen molar-refractivity contribution >= 4 is 11.4 Å². The lowest BCUT2D eigenvalue weighted by molar-refractivity contribution is -0.157. The minimum absolute atomic E-state index is 0.419. The van der Waals surface area contributed by atoms with Crippen LogP contribution >= 0.6 is 0 Å². The predicted octanol–water partition coefficient (Wildman–Crippen LogP) is 3.82. The number of hydrogen-bond acceptors (Lipinski definition) is 3. The fourth-order valence-corrected chi connectivity index (χ4v) is 3.92. The van der Waals surface area contributed by atoms with Crippen LogP contribution in [-0.2, 0) is 4.74 Å². The third-order valence-electron chi connectivity index (χ3n) is 5.49. The van der Waals surface area contributed by atoms with Crippen molar-refractivity contribution < 1.29 is 4.74 Å². The molecule has 1 aromatic rings. The number of rotatable bonds is 5. The van der Waals surface area contributed by atoms with Crippen molar-refractivity contribution in [1.82, 2.24) is 0 Å². The van der Waals surface area contributed by atoms with Gasteiger partial charge in [0.25, 0.3) is 0 Å². The molecule has 0 bridgehead atoms. The topological polar surface area (TPSA) is 24.5 Å². The molecule has 0 aromatic heterocycles. The van der Waals surface area contributed by atoms with E-state index in [0.29, 0.717) is 17.6 Å². The van der Waals surface area contributed by atoms with Gasteiger partial charge in [0.1, 0.15) is 0 Å². The second-order valence-electron chi connectivity index (χ2n) is 6.86. The van der Waals surface area contributed by atoms with Gasteiger partial charge in [0, 0.05) is 43.5 Å². The van der Waals surface area contributed by atoms with E-state index in [9.17, 15) is 0 Å². The second-order valence-corrected chi connectivity index (χ2v) is 6.86. The van der Waals surface area contributed by atoms with E-state index in [4.69, 9.17) is 4.74 Å². The van der Waals surface area contributed by atoms with Crippen LogP contribution in [0.3, 0.4) is 0 Å². The maximum Gasteiger partial charge on any atom is 0.0670 e. The standard InChI is InChI=1S/C18H28N2O/c1-5-21-17-12-16(18(17)9-6-10-18)19-15-8-7-14(20(3)4)11-13(15)2/h7-8,11,16-17,19H,5-6,9-10,12H2,1-4H3. The fraction of sp³-hybridized carbons (Fsp3) is 0.667. The number of hydrogen-bond donors (Lipinski definition) is 1. The maximum atomic E-state index is 5.94. The van der Waals surface area contributed by atoms with Crippen LogP contribution in [0.25, 0.3) is 0 Å². The molecule has 1 aromatic carbocycles. The zero-order valence-electron chi connectivity index (χ0n) is 13.8. The van der Waals surface area contributed by atoms with Crippen LogP contribution < -0.4 is 10.2 Å². The molecule has 0 amide bonds. The SMILES string of the molecule is CCOC1CC(Nc2ccc(N(C)C)cc2C)C12CCC2. The second kappa shape index (κ2) is 5.53. The molecule has 0 radical (unpaired) electrons. The van der Waals surface area contributed by atoms with Gasteiger partial charge >= 0.3 is 0 Å². The molecule has 3 rings (SSSR count). The van der Waals surface area contributed by atoms with Gasteiger partial charge in [-0.15, -0.1) is 0 Å². The van der Waals surface area contributed by atoms with Crippen molar-refractivity contribution in [1.29, 1.82) is 0 Å². The Morgan fingerprint density at radius 3 is 2.62 bits per heavy atom. The van der Waals surface area contributed by atoms with Crippen molar-refractivity contribution in [3.8, 4) is 0 Å². The lowest BCUT2D eigenvalue weighted by Gasteiger charge is -2.61. The van der Waals surface area contributed by atoms with Gasteiger partial charge in [0.05, 0.1) is 6.10 Å². The Labute approximate surface area is 128 Å². The quantitative estimate of drug-likeness (QED) is 0.891. The van der Waals surface area contributed by atoms with Crippen LogP contribution in [0, 0.1) is 12.3 Å². The summed E-state index contributed by atoms with van der Waals surface area (Å²) < 4.78 is 5.94. The molecule has 116 valence electrons. The highest BCUT2D eigenvalue weighted by Gasteiger charge is 2.58. The zero-order chi connectivity index (χ0) is 15.0. The van der Waals surface area contributed by atoms with Crippen molar-refractivity contribution in [2.24, 2.45) is 5.41 Å². The van der Waals surface area contributed by atoms with Crippen LogP contribution in [0.4, 0.5) is 11.4 Å². The summed E-state index contributed by atoms with van der Waals surface area (Å²) in [6.45, 7) is 5.15. The van der Waals surface area contributed by atoms with Gasteiger partial charge in [-0.25, -0.2) is 0 Å². The summed E-state index contributed by atoms with van der Waals surface area (Å²) in [4.78, 5) is 2.15. The maximum absolute atomic E-state index is 5.94. The van der Waals surface area contributed by atoms with Crippen LogP contribution in [-0.4, -0.2) is 32.8 Å². The van der Waals surface area contributed by atoms with Crippen molar-refractivity contribution in [2.45, 2.75) is 51.7 Å². The smallest absolute Gasteiger partial charge is 0.0670 e. The van der Waals surface area contributed by atoms with E-state index >= 15 is 0 Å². The first-order valence-electron chi connectivity index (χ1n) is 8.23. The molecular weight excluding hydrogens is 260 g/mol.